The average molecular weight is 309 g/mol. The van der Waals surface area contributed by atoms with Crippen LogP contribution in [0.4, 0.5) is 0 Å². The van der Waals surface area contributed by atoms with Gasteiger partial charge in [-0.15, -0.1) is 0 Å². The Hall–Kier alpha value is -1.56. The number of rotatable bonds is 8. The lowest BCUT2D eigenvalue weighted by Crippen LogP contribution is -2.39. The second kappa shape index (κ2) is 9.46. The molecule has 0 bridgehead atoms. The molecule has 0 aliphatic carbocycles. The zero-order chi connectivity index (χ0) is 16.5. The summed E-state index contributed by atoms with van der Waals surface area (Å²) in [6.07, 6.45) is 2.36. The van der Waals surface area contributed by atoms with Crippen LogP contribution in [0, 0.1) is 13.8 Å². The summed E-state index contributed by atoms with van der Waals surface area (Å²) in [6, 6.07) is 0. The van der Waals surface area contributed by atoms with Gasteiger partial charge in [0.25, 0.3) is 0 Å². The fraction of sp³-hybridized carbons (Fsp3) is 0.750. The molecule has 22 heavy (non-hydrogen) atoms. The summed E-state index contributed by atoms with van der Waals surface area (Å²) in [5.41, 5.74) is 3.49. The van der Waals surface area contributed by atoms with Crippen molar-refractivity contribution in [3.8, 4) is 0 Å². The lowest BCUT2D eigenvalue weighted by Gasteiger charge is -2.22. The molecule has 1 rings (SSSR count). The molecule has 6 nitrogen and oxygen atoms in total. The number of methoxy groups -OCH3 is 1. The topological polar surface area (TPSA) is 54.7 Å². The zero-order valence-corrected chi connectivity index (χ0v) is 14.9. The summed E-state index contributed by atoms with van der Waals surface area (Å²) in [7, 11) is 5.61. The summed E-state index contributed by atoms with van der Waals surface area (Å²) in [5, 5.41) is 8.03. The van der Waals surface area contributed by atoms with Crippen LogP contribution in [-0.2, 0) is 17.8 Å². The average Bonchev–Trinajstić information content (AvgIpc) is 2.78. The molecule has 126 valence electrons. The summed E-state index contributed by atoms with van der Waals surface area (Å²) >= 11 is 0. The van der Waals surface area contributed by atoms with Crippen LogP contribution in [0.25, 0.3) is 0 Å². The van der Waals surface area contributed by atoms with Gasteiger partial charge in [-0.1, -0.05) is 13.3 Å². The van der Waals surface area contributed by atoms with Gasteiger partial charge in [-0.3, -0.25) is 9.67 Å². The molecule has 0 saturated heterocycles. The van der Waals surface area contributed by atoms with Gasteiger partial charge >= 0.3 is 0 Å². The number of guanidine groups is 1. The van der Waals surface area contributed by atoms with Gasteiger partial charge < -0.3 is 15.0 Å². The molecular weight excluding hydrogens is 278 g/mol. The number of hydrogen-bond acceptors (Lipinski definition) is 3. The van der Waals surface area contributed by atoms with Crippen LogP contribution in [0.5, 0.6) is 0 Å². The Labute approximate surface area is 134 Å². The maximum absolute atomic E-state index is 5.13. The number of ether oxygens (including phenoxy) is 1. The van der Waals surface area contributed by atoms with E-state index in [4.69, 9.17) is 4.74 Å². The van der Waals surface area contributed by atoms with Crippen LogP contribution < -0.4 is 5.32 Å². The molecule has 0 amide bonds. The van der Waals surface area contributed by atoms with Gasteiger partial charge in [-0.25, -0.2) is 0 Å². The van der Waals surface area contributed by atoms with Gasteiger partial charge in [0, 0.05) is 45.6 Å². The van der Waals surface area contributed by atoms with E-state index in [9.17, 15) is 0 Å². The molecule has 1 aromatic heterocycles. The van der Waals surface area contributed by atoms with Crippen molar-refractivity contribution in [2.45, 2.75) is 46.7 Å². The van der Waals surface area contributed by atoms with Crippen LogP contribution in [0.1, 0.15) is 36.7 Å². The van der Waals surface area contributed by atoms with E-state index in [2.05, 4.69) is 48.1 Å². The van der Waals surface area contributed by atoms with E-state index in [0.29, 0.717) is 6.61 Å². The van der Waals surface area contributed by atoms with Crippen molar-refractivity contribution >= 4 is 5.96 Å². The largest absolute Gasteiger partial charge is 0.383 e. The van der Waals surface area contributed by atoms with Crippen LogP contribution >= 0.6 is 0 Å². The minimum absolute atomic E-state index is 0.677. The number of hydrogen-bond donors (Lipinski definition) is 1. The summed E-state index contributed by atoms with van der Waals surface area (Å²) in [5.74, 6) is 0.928. The van der Waals surface area contributed by atoms with Crippen molar-refractivity contribution < 1.29 is 4.74 Å². The lowest BCUT2D eigenvalue weighted by molar-refractivity contribution is 0.182. The van der Waals surface area contributed by atoms with Crippen LogP contribution in [0.15, 0.2) is 4.99 Å². The second-order valence-corrected chi connectivity index (χ2v) is 5.54. The van der Waals surface area contributed by atoms with E-state index in [0.717, 1.165) is 31.3 Å². The molecule has 0 aliphatic rings. The molecule has 1 N–H and O–H groups in total. The van der Waals surface area contributed by atoms with Crippen LogP contribution in [0.3, 0.4) is 0 Å². The van der Waals surface area contributed by atoms with Gasteiger partial charge in [0.1, 0.15) is 0 Å². The Morgan fingerprint density at radius 3 is 2.73 bits per heavy atom. The summed E-state index contributed by atoms with van der Waals surface area (Å²) in [4.78, 5) is 6.53. The Bertz CT molecular complexity index is 481. The fourth-order valence-corrected chi connectivity index (χ4v) is 2.44. The Morgan fingerprint density at radius 2 is 2.14 bits per heavy atom. The maximum Gasteiger partial charge on any atom is 0.193 e. The van der Waals surface area contributed by atoms with E-state index in [1.807, 2.05) is 11.7 Å². The predicted octanol–water partition coefficient (Wildman–Crippen LogP) is 1.95. The highest BCUT2D eigenvalue weighted by Gasteiger charge is 2.13. The van der Waals surface area contributed by atoms with Gasteiger partial charge in [-0.05, 0) is 20.3 Å². The first-order valence-corrected chi connectivity index (χ1v) is 7.98. The van der Waals surface area contributed by atoms with Gasteiger partial charge in [-0.2, -0.15) is 5.10 Å². The molecule has 6 heteroatoms. The summed E-state index contributed by atoms with van der Waals surface area (Å²) < 4.78 is 7.15. The highest BCUT2D eigenvalue weighted by atomic mass is 16.5. The van der Waals surface area contributed by atoms with E-state index >= 15 is 0 Å². The van der Waals surface area contributed by atoms with Crippen molar-refractivity contribution in [2.75, 3.05) is 34.4 Å². The van der Waals surface area contributed by atoms with Gasteiger partial charge in [0.2, 0.25) is 0 Å². The minimum Gasteiger partial charge on any atom is -0.383 e. The number of aryl methyl sites for hydroxylation is 1. The zero-order valence-electron chi connectivity index (χ0n) is 14.9. The normalized spacial score (nSPS) is 11.8. The van der Waals surface area contributed by atoms with E-state index in [1.54, 1.807) is 7.11 Å². The lowest BCUT2D eigenvalue weighted by atomic mass is 10.2. The fourth-order valence-electron chi connectivity index (χ4n) is 2.44. The summed E-state index contributed by atoms with van der Waals surface area (Å²) in [6.45, 7) is 9.58. The molecule has 0 unspecified atom stereocenters. The van der Waals surface area contributed by atoms with Gasteiger partial charge in [0.15, 0.2) is 5.96 Å². The standard InChI is InChI=1S/C16H31N5O/c1-7-8-9-20(5)16(17-4)18-12-15-13(2)19-21(14(15)3)10-11-22-6/h7-12H2,1-6H3,(H,17,18). The molecule has 0 aromatic carbocycles. The van der Waals surface area contributed by atoms with Crippen LogP contribution in [0.2, 0.25) is 0 Å². The monoisotopic (exact) mass is 309 g/mol. The smallest absolute Gasteiger partial charge is 0.193 e. The maximum atomic E-state index is 5.13. The molecule has 0 atom stereocenters. The molecular formula is C16H31N5O. The van der Waals surface area contributed by atoms with Gasteiger partial charge in [0.05, 0.1) is 18.8 Å². The first-order valence-electron chi connectivity index (χ1n) is 7.98. The Morgan fingerprint density at radius 1 is 1.41 bits per heavy atom. The number of aromatic nitrogens is 2. The van der Waals surface area contributed by atoms with Crippen LogP contribution in [-0.4, -0.2) is 55.0 Å². The third-order valence-electron chi connectivity index (χ3n) is 3.88. The molecule has 1 aromatic rings. The Balaban J connectivity index is 2.68. The molecule has 0 spiro atoms. The quantitative estimate of drug-likeness (QED) is 0.589. The second-order valence-electron chi connectivity index (χ2n) is 5.54. The minimum atomic E-state index is 0.677. The number of nitrogens with one attached hydrogen (secondary N) is 1. The first kappa shape index (κ1) is 18.5. The highest BCUT2D eigenvalue weighted by molar-refractivity contribution is 5.79. The number of unbranched alkanes of at least 4 members (excludes halogenated alkanes) is 1. The first-order chi connectivity index (χ1) is 10.5. The van der Waals surface area contributed by atoms with Crippen molar-refractivity contribution in [2.24, 2.45) is 4.99 Å². The molecule has 0 radical (unpaired) electrons. The van der Waals surface area contributed by atoms with Crippen molar-refractivity contribution in [3.63, 3.8) is 0 Å². The highest BCUT2D eigenvalue weighted by Crippen LogP contribution is 2.12. The van der Waals surface area contributed by atoms with Crippen molar-refractivity contribution in [1.82, 2.24) is 20.0 Å². The van der Waals surface area contributed by atoms with E-state index < -0.39 is 0 Å². The molecule has 0 saturated carbocycles. The predicted molar refractivity (Wildman–Crippen MR) is 91.3 cm³/mol. The number of aliphatic imine (C=N–C) groups is 1. The third kappa shape index (κ3) is 5.02. The van der Waals surface area contributed by atoms with Crippen molar-refractivity contribution in [3.05, 3.63) is 17.0 Å². The SMILES string of the molecule is CCCCN(C)C(=NC)NCc1c(C)nn(CCOC)c1C. The third-order valence-corrected chi connectivity index (χ3v) is 3.88. The number of nitrogens with zero attached hydrogens (tertiary/aromatic N) is 4. The van der Waals surface area contributed by atoms with E-state index in [1.165, 1.54) is 24.1 Å². The molecule has 0 aliphatic heterocycles. The van der Waals surface area contributed by atoms with Crippen molar-refractivity contribution in [1.29, 1.82) is 0 Å². The molecule has 1 heterocycles. The van der Waals surface area contributed by atoms with E-state index in [-0.39, 0.29) is 0 Å². The Kier molecular flexibility index (Phi) is 7.95. The molecule has 0 fully saturated rings.